The van der Waals surface area contributed by atoms with Crippen LogP contribution in [0.2, 0.25) is 0 Å². The summed E-state index contributed by atoms with van der Waals surface area (Å²) in [6.07, 6.45) is 13.5. The summed E-state index contributed by atoms with van der Waals surface area (Å²) in [6.45, 7) is 11.4. The molecule has 0 aromatic heterocycles. The average Bonchev–Trinajstić information content (AvgIpc) is 3.33. The summed E-state index contributed by atoms with van der Waals surface area (Å²) in [7, 11) is -6.61. The number of nitrogens with zero attached hydrogens (tertiary/aromatic N) is 2. The summed E-state index contributed by atoms with van der Waals surface area (Å²) in [5, 5.41) is 2.91. The molecule has 2 aromatic carbocycles. The van der Waals surface area contributed by atoms with E-state index in [0.29, 0.717) is 28.7 Å². The van der Waals surface area contributed by atoms with Gasteiger partial charge in [0.2, 0.25) is 5.91 Å². The quantitative estimate of drug-likeness (QED) is 0.0937. The molecule has 47 heavy (non-hydrogen) atoms. The summed E-state index contributed by atoms with van der Waals surface area (Å²) < 4.78 is 67.1. The fourth-order valence-corrected chi connectivity index (χ4v) is 7.65. The Hall–Kier alpha value is -3.42. The number of benzene rings is 2. The molecule has 2 aliphatic rings. The Kier molecular flexibility index (Phi) is 10.5. The van der Waals surface area contributed by atoms with Crippen LogP contribution in [0.5, 0.6) is 0 Å². The van der Waals surface area contributed by atoms with E-state index in [1.807, 2.05) is 65.0 Å². The Morgan fingerprint density at radius 3 is 2.15 bits per heavy atom. The highest BCUT2D eigenvalue weighted by Gasteiger charge is 2.51. The van der Waals surface area contributed by atoms with Crippen LogP contribution in [0, 0.1) is 0 Å². The molecule has 12 heteroatoms. The monoisotopic (exact) mass is 684 g/mol. The highest BCUT2D eigenvalue weighted by molar-refractivity contribution is 7.86. The third-order valence-corrected chi connectivity index (χ3v) is 11.0. The number of unbranched alkanes of at least 4 members (excludes halogenated alkanes) is 2. The summed E-state index contributed by atoms with van der Waals surface area (Å²) in [4.78, 5) is 16.4. The molecule has 2 aromatic rings. The standard InChI is InChI=1S/C35H45N3O7S2/c1-7-21-36-33(39)16-12-9-13-22-38(6)30-20-18-26(47(43,44)45)24-28(30)35(4,5)32(38)15-11-8-10-14-31-34(2,3)27-23-25(46(40,41)42)17-19-29(27)37-31/h8,10-11,14-15,17-20,23-24H,7,9,12-13,16,21-22H2,1-6H3,(H2-,36,39,40,41,42,43,44,45)/p+1/b11-8+,14-10+,32-15+. The van der Waals surface area contributed by atoms with E-state index in [0.717, 1.165) is 54.9 Å². The van der Waals surface area contributed by atoms with Crippen LogP contribution in [0.25, 0.3) is 0 Å². The third kappa shape index (κ3) is 7.68. The first-order valence-electron chi connectivity index (χ1n) is 15.9. The Morgan fingerprint density at radius 2 is 1.51 bits per heavy atom. The van der Waals surface area contributed by atoms with Gasteiger partial charge in [-0.25, -0.2) is 0 Å². The highest BCUT2D eigenvalue weighted by atomic mass is 32.2. The lowest BCUT2D eigenvalue weighted by atomic mass is 9.81. The van der Waals surface area contributed by atoms with Gasteiger partial charge in [-0.3, -0.25) is 23.4 Å². The van der Waals surface area contributed by atoms with Crippen molar-refractivity contribution in [3.05, 3.63) is 83.6 Å². The van der Waals surface area contributed by atoms with E-state index in [-0.39, 0.29) is 15.7 Å². The first kappa shape index (κ1) is 36.4. The lowest BCUT2D eigenvalue weighted by Crippen LogP contribution is -2.45. The number of quaternary nitrogens is 1. The van der Waals surface area contributed by atoms with Gasteiger partial charge in [-0.1, -0.05) is 39.0 Å². The molecule has 0 bridgehead atoms. The van der Waals surface area contributed by atoms with Crippen LogP contribution in [0.1, 0.15) is 77.8 Å². The van der Waals surface area contributed by atoms with E-state index >= 15 is 0 Å². The number of rotatable bonds is 13. The Morgan fingerprint density at radius 1 is 0.872 bits per heavy atom. The van der Waals surface area contributed by atoms with Gasteiger partial charge in [0.25, 0.3) is 20.2 Å². The second-order valence-electron chi connectivity index (χ2n) is 13.4. The largest absolute Gasteiger partial charge is 0.356 e. The van der Waals surface area contributed by atoms with E-state index in [2.05, 4.69) is 17.4 Å². The minimum absolute atomic E-state index is 0.0649. The third-order valence-electron chi connectivity index (χ3n) is 9.28. The Labute approximate surface area is 279 Å². The van der Waals surface area contributed by atoms with E-state index in [1.165, 1.54) is 18.2 Å². The van der Waals surface area contributed by atoms with Gasteiger partial charge in [0.15, 0.2) is 0 Å². The number of carbonyl (C=O) groups excluding carboxylic acids is 1. The summed E-state index contributed by atoms with van der Waals surface area (Å²) in [6, 6.07) is 9.19. The lowest BCUT2D eigenvalue weighted by molar-refractivity contribution is -0.121. The maximum atomic E-state index is 12.1. The number of fused-ring (bicyclic) bond motifs is 2. The van der Waals surface area contributed by atoms with Gasteiger partial charge in [-0.2, -0.15) is 16.8 Å². The van der Waals surface area contributed by atoms with Crippen molar-refractivity contribution in [2.24, 2.45) is 4.99 Å². The number of amides is 1. The molecule has 10 nitrogen and oxygen atoms in total. The maximum absolute atomic E-state index is 12.1. The second kappa shape index (κ2) is 13.6. The fourth-order valence-electron chi connectivity index (χ4n) is 6.63. The van der Waals surface area contributed by atoms with Crippen LogP contribution in [0.15, 0.2) is 87.3 Å². The smallest absolute Gasteiger partial charge is 0.294 e. The number of hydrogen-bond donors (Lipinski definition) is 3. The molecular formula is C35H46N3O7S2+. The molecule has 1 unspecified atom stereocenters. The zero-order chi connectivity index (χ0) is 34.8. The van der Waals surface area contributed by atoms with Gasteiger partial charge in [0.05, 0.1) is 40.2 Å². The van der Waals surface area contributed by atoms with Crippen LogP contribution in [0.3, 0.4) is 0 Å². The van der Waals surface area contributed by atoms with E-state index < -0.39 is 31.1 Å². The topological polar surface area (TPSA) is 150 Å². The molecule has 4 rings (SSSR count). The summed E-state index contributed by atoms with van der Waals surface area (Å²) >= 11 is 0. The van der Waals surface area contributed by atoms with Gasteiger partial charge in [0, 0.05) is 30.0 Å². The van der Waals surface area contributed by atoms with Crippen molar-refractivity contribution in [1.29, 1.82) is 0 Å². The lowest BCUT2D eigenvalue weighted by Gasteiger charge is -2.34. The molecule has 3 N–H and O–H groups in total. The van der Waals surface area contributed by atoms with Crippen molar-refractivity contribution < 1.29 is 30.7 Å². The number of hydrogen-bond acceptors (Lipinski definition) is 6. The van der Waals surface area contributed by atoms with Crippen molar-refractivity contribution >= 4 is 43.2 Å². The maximum Gasteiger partial charge on any atom is 0.294 e. The summed E-state index contributed by atoms with van der Waals surface area (Å²) in [5.74, 6) is 0.0649. The molecule has 254 valence electrons. The molecule has 1 atom stereocenters. The zero-order valence-electron chi connectivity index (χ0n) is 27.9. The molecule has 0 spiro atoms. The molecule has 0 saturated carbocycles. The van der Waals surface area contributed by atoms with Crippen molar-refractivity contribution in [2.75, 3.05) is 20.1 Å². The normalized spacial score (nSPS) is 20.9. The van der Waals surface area contributed by atoms with Crippen LogP contribution in [-0.4, -0.2) is 57.7 Å². The number of likely N-dealkylation sites (N-methyl/N-ethyl adjacent to an activating group) is 1. The van der Waals surface area contributed by atoms with E-state index in [4.69, 9.17) is 0 Å². The Bertz CT molecular complexity index is 1890. The van der Waals surface area contributed by atoms with Crippen LogP contribution < -0.4 is 9.80 Å². The molecule has 0 radical (unpaired) electrons. The van der Waals surface area contributed by atoms with E-state index in [1.54, 1.807) is 18.2 Å². The average molecular weight is 685 g/mol. The van der Waals surface area contributed by atoms with Crippen molar-refractivity contribution in [2.45, 2.75) is 87.3 Å². The molecule has 2 aliphatic heterocycles. The minimum Gasteiger partial charge on any atom is -0.356 e. The predicted octanol–water partition coefficient (Wildman–Crippen LogP) is 6.56. The SMILES string of the molecule is CCCNC(=O)CCCCC[N+]1(C)/C(=C/C=C/C=C/C2=Nc3ccc(S(=O)(=O)O)cc3C2(C)C)C(C)(C)c2cc(S(=O)(=O)O)ccc21. The fraction of sp³-hybridized carbons (Fsp3) is 0.429. The first-order valence-corrected chi connectivity index (χ1v) is 18.7. The van der Waals surface area contributed by atoms with Crippen molar-refractivity contribution in [1.82, 2.24) is 9.80 Å². The van der Waals surface area contributed by atoms with Gasteiger partial charge in [-0.15, -0.1) is 0 Å². The number of nitrogens with one attached hydrogen (secondary N) is 1. The summed E-state index contributed by atoms with van der Waals surface area (Å²) in [5.41, 5.74) is 3.81. The van der Waals surface area contributed by atoms with Gasteiger partial charge >= 0.3 is 0 Å². The molecule has 2 heterocycles. The van der Waals surface area contributed by atoms with Gasteiger partial charge in [-0.05, 0) is 87.6 Å². The molecule has 1 amide bonds. The molecular weight excluding hydrogens is 639 g/mol. The predicted molar refractivity (Wildman–Crippen MR) is 186 cm³/mol. The van der Waals surface area contributed by atoms with Gasteiger partial charge < -0.3 is 5.32 Å². The minimum atomic E-state index is -4.38. The van der Waals surface area contributed by atoms with Crippen LogP contribution in [-0.2, 0) is 35.9 Å². The Balaban J connectivity index is 1.58. The second-order valence-corrected chi connectivity index (χ2v) is 16.3. The highest BCUT2D eigenvalue weighted by Crippen LogP contribution is 2.52. The molecule has 0 aliphatic carbocycles. The van der Waals surface area contributed by atoms with Gasteiger partial charge in [0.1, 0.15) is 11.4 Å². The number of aliphatic imine (C=N–C) groups is 1. The molecule has 0 saturated heterocycles. The zero-order valence-corrected chi connectivity index (χ0v) is 29.6. The van der Waals surface area contributed by atoms with Crippen LogP contribution in [0.4, 0.5) is 11.4 Å². The number of carbonyl (C=O) groups is 1. The number of allylic oxidation sites excluding steroid dienone is 6. The van der Waals surface area contributed by atoms with E-state index in [9.17, 15) is 30.7 Å². The molecule has 0 fully saturated rings. The van der Waals surface area contributed by atoms with Crippen LogP contribution >= 0.6 is 0 Å². The van der Waals surface area contributed by atoms with Crippen molar-refractivity contribution in [3.8, 4) is 0 Å². The van der Waals surface area contributed by atoms with Crippen molar-refractivity contribution in [3.63, 3.8) is 0 Å². The first-order chi connectivity index (χ1) is 21.8.